The standard InChI is InChI=1S/C22H20N4O3/c1-13-9-16(7-8-23-13)24-15-4-5-17-19(12-15)25-18-6-3-14(11-21(27)29-2)10-20(18)26-22(17)28/h3-10,12,25H,11H2,1-2H3,(H,23,24)(H,26,28). The molecule has 2 heterocycles. The predicted octanol–water partition coefficient (Wildman–Crippen LogP) is 4.16. The molecule has 4 rings (SSSR count). The highest BCUT2D eigenvalue weighted by molar-refractivity contribution is 6.12. The number of aromatic nitrogens is 1. The van der Waals surface area contributed by atoms with Gasteiger partial charge < -0.3 is 20.7 Å². The van der Waals surface area contributed by atoms with E-state index < -0.39 is 0 Å². The van der Waals surface area contributed by atoms with Crippen LogP contribution >= 0.6 is 0 Å². The van der Waals surface area contributed by atoms with Gasteiger partial charge in [0.2, 0.25) is 0 Å². The third kappa shape index (κ3) is 4.03. The molecule has 7 heteroatoms. The van der Waals surface area contributed by atoms with Crippen LogP contribution in [0.1, 0.15) is 21.6 Å². The minimum Gasteiger partial charge on any atom is -0.469 e. The molecule has 0 radical (unpaired) electrons. The lowest BCUT2D eigenvalue weighted by Crippen LogP contribution is -2.11. The highest BCUT2D eigenvalue weighted by atomic mass is 16.5. The monoisotopic (exact) mass is 388 g/mol. The number of nitrogens with zero attached hydrogens (tertiary/aromatic N) is 1. The fourth-order valence-corrected chi connectivity index (χ4v) is 3.20. The van der Waals surface area contributed by atoms with Gasteiger partial charge in [-0.2, -0.15) is 0 Å². The van der Waals surface area contributed by atoms with Crippen LogP contribution < -0.4 is 16.0 Å². The molecule has 0 unspecified atom stereocenters. The number of aryl methyl sites for hydroxylation is 1. The number of hydrogen-bond donors (Lipinski definition) is 3. The van der Waals surface area contributed by atoms with Crippen LogP contribution in [0.15, 0.2) is 54.7 Å². The molecule has 0 saturated heterocycles. The van der Waals surface area contributed by atoms with Gasteiger partial charge in [0.15, 0.2) is 0 Å². The van der Waals surface area contributed by atoms with Gasteiger partial charge in [-0.05, 0) is 55.0 Å². The molecule has 0 saturated carbocycles. The Hall–Kier alpha value is -3.87. The number of fused-ring (bicyclic) bond motifs is 2. The molecule has 0 atom stereocenters. The van der Waals surface area contributed by atoms with Crippen molar-refractivity contribution in [3.63, 3.8) is 0 Å². The minimum absolute atomic E-state index is 0.145. The lowest BCUT2D eigenvalue weighted by Gasteiger charge is -2.12. The van der Waals surface area contributed by atoms with Crippen LogP contribution in [0.2, 0.25) is 0 Å². The van der Waals surface area contributed by atoms with Crippen LogP contribution in [0.5, 0.6) is 0 Å². The van der Waals surface area contributed by atoms with E-state index in [9.17, 15) is 9.59 Å². The maximum atomic E-state index is 12.7. The number of methoxy groups -OCH3 is 1. The molecule has 7 nitrogen and oxygen atoms in total. The molecule has 1 aliphatic heterocycles. The Labute approximate surface area is 168 Å². The summed E-state index contributed by atoms with van der Waals surface area (Å²) in [7, 11) is 1.35. The lowest BCUT2D eigenvalue weighted by atomic mass is 10.1. The zero-order chi connectivity index (χ0) is 20.4. The average molecular weight is 388 g/mol. The number of amides is 1. The zero-order valence-electron chi connectivity index (χ0n) is 16.1. The number of rotatable bonds is 4. The molecular formula is C22H20N4O3. The van der Waals surface area contributed by atoms with E-state index in [1.165, 1.54) is 7.11 Å². The van der Waals surface area contributed by atoms with Crippen molar-refractivity contribution in [2.45, 2.75) is 13.3 Å². The Kier molecular flexibility index (Phi) is 4.87. The molecule has 1 amide bonds. The van der Waals surface area contributed by atoms with Crippen molar-refractivity contribution in [3.8, 4) is 0 Å². The van der Waals surface area contributed by atoms with Crippen LogP contribution in [0.4, 0.5) is 28.4 Å². The van der Waals surface area contributed by atoms with E-state index in [2.05, 4.69) is 20.9 Å². The Morgan fingerprint density at radius 1 is 1.00 bits per heavy atom. The second-order valence-corrected chi connectivity index (χ2v) is 6.78. The van der Waals surface area contributed by atoms with Crippen LogP contribution in [-0.4, -0.2) is 24.0 Å². The van der Waals surface area contributed by atoms with Gasteiger partial charge in [0.05, 0.1) is 36.2 Å². The van der Waals surface area contributed by atoms with Crippen molar-refractivity contribution in [1.29, 1.82) is 0 Å². The van der Waals surface area contributed by atoms with Crippen molar-refractivity contribution in [2.24, 2.45) is 0 Å². The fraction of sp³-hybridized carbons (Fsp3) is 0.136. The van der Waals surface area contributed by atoms with E-state index in [4.69, 9.17) is 4.74 Å². The van der Waals surface area contributed by atoms with Gasteiger partial charge >= 0.3 is 5.97 Å². The molecule has 1 aliphatic rings. The summed E-state index contributed by atoms with van der Waals surface area (Å²) in [6, 6.07) is 14.8. The van der Waals surface area contributed by atoms with Gasteiger partial charge in [-0.15, -0.1) is 0 Å². The van der Waals surface area contributed by atoms with E-state index in [1.54, 1.807) is 18.3 Å². The van der Waals surface area contributed by atoms with Crippen molar-refractivity contribution < 1.29 is 14.3 Å². The number of nitrogens with one attached hydrogen (secondary N) is 3. The first kappa shape index (κ1) is 18.5. The van der Waals surface area contributed by atoms with Crippen molar-refractivity contribution in [2.75, 3.05) is 23.1 Å². The average Bonchev–Trinajstić information content (AvgIpc) is 2.83. The second kappa shape index (κ2) is 7.63. The summed E-state index contributed by atoms with van der Waals surface area (Å²) in [5, 5.41) is 9.55. The summed E-state index contributed by atoms with van der Waals surface area (Å²) in [5.41, 5.74) is 6.04. The molecule has 0 bridgehead atoms. The quantitative estimate of drug-likeness (QED) is 0.581. The Balaban J connectivity index is 1.63. The van der Waals surface area contributed by atoms with Gasteiger partial charge in [-0.1, -0.05) is 6.07 Å². The number of carbonyl (C=O) groups is 2. The van der Waals surface area contributed by atoms with E-state index in [0.29, 0.717) is 16.9 Å². The number of pyridine rings is 1. The van der Waals surface area contributed by atoms with Gasteiger partial charge in [-0.25, -0.2) is 0 Å². The molecule has 2 aromatic carbocycles. The zero-order valence-corrected chi connectivity index (χ0v) is 16.1. The maximum Gasteiger partial charge on any atom is 0.309 e. The summed E-state index contributed by atoms with van der Waals surface area (Å²) in [4.78, 5) is 28.4. The number of anilines is 5. The van der Waals surface area contributed by atoms with E-state index in [1.807, 2.05) is 43.3 Å². The van der Waals surface area contributed by atoms with Gasteiger partial charge in [0.1, 0.15) is 0 Å². The van der Waals surface area contributed by atoms with Crippen LogP contribution in [-0.2, 0) is 16.0 Å². The fourth-order valence-electron chi connectivity index (χ4n) is 3.20. The van der Waals surface area contributed by atoms with Gasteiger partial charge in [0, 0.05) is 23.3 Å². The third-order valence-electron chi connectivity index (χ3n) is 4.63. The van der Waals surface area contributed by atoms with E-state index >= 15 is 0 Å². The van der Waals surface area contributed by atoms with E-state index in [-0.39, 0.29) is 18.3 Å². The van der Waals surface area contributed by atoms with Gasteiger partial charge in [0.25, 0.3) is 5.91 Å². The predicted molar refractivity (Wildman–Crippen MR) is 112 cm³/mol. The second-order valence-electron chi connectivity index (χ2n) is 6.78. The minimum atomic E-state index is -0.330. The highest BCUT2D eigenvalue weighted by Crippen LogP contribution is 2.34. The summed E-state index contributed by atoms with van der Waals surface area (Å²) in [6.07, 6.45) is 1.89. The molecule has 0 aliphatic carbocycles. The van der Waals surface area contributed by atoms with Crippen LogP contribution in [0.25, 0.3) is 0 Å². The molecule has 1 aromatic heterocycles. The smallest absolute Gasteiger partial charge is 0.309 e. The molecule has 3 aromatic rings. The number of ether oxygens (including phenoxy) is 1. The first-order valence-corrected chi connectivity index (χ1v) is 9.13. The van der Waals surface area contributed by atoms with Crippen LogP contribution in [0.3, 0.4) is 0 Å². The Morgan fingerprint density at radius 2 is 1.83 bits per heavy atom. The summed E-state index contributed by atoms with van der Waals surface area (Å²) < 4.78 is 4.71. The number of carbonyl (C=O) groups excluding carboxylic acids is 2. The first-order chi connectivity index (χ1) is 14.0. The topological polar surface area (TPSA) is 92.3 Å². The Bertz CT molecular complexity index is 1110. The molecule has 0 spiro atoms. The molecular weight excluding hydrogens is 368 g/mol. The van der Waals surface area contributed by atoms with Crippen molar-refractivity contribution >= 4 is 40.3 Å². The molecule has 29 heavy (non-hydrogen) atoms. The Morgan fingerprint density at radius 3 is 2.62 bits per heavy atom. The summed E-state index contributed by atoms with van der Waals surface area (Å²) in [5.74, 6) is -0.545. The van der Waals surface area contributed by atoms with Crippen molar-refractivity contribution in [1.82, 2.24) is 4.98 Å². The normalized spacial score (nSPS) is 12.0. The highest BCUT2D eigenvalue weighted by Gasteiger charge is 2.20. The van der Waals surface area contributed by atoms with Crippen LogP contribution in [0, 0.1) is 6.92 Å². The van der Waals surface area contributed by atoms with Crippen molar-refractivity contribution in [3.05, 3.63) is 71.5 Å². The number of esters is 1. The molecule has 0 fully saturated rings. The summed E-state index contributed by atoms with van der Waals surface area (Å²) in [6.45, 7) is 1.93. The third-order valence-corrected chi connectivity index (χ3v) is 4.63. The SMILES string of the molecule is COC(=O)Cc1ccc2c(c1)NC(=O)c1ccc(Nc3ccnc(C)c3)cc1N2. The van der Waals surface area contributed by atoms with Gasteiger partial charge in [-0.3, -0.25) is 14.6 Å². The lowest BCUT2D eigenvalue weighted by molar-refractivity contribution is -0.139. The largest absolute Gasteiger partial charge is 0.469 e. The number of benzene rings is 2. The van der Waals surface area contributed by atoms with E-state index in [0.717, 1.165) is 28.3 Å². The number of hydrogen-bond acceptors (Lipinski definition) is 6. The first-order valence-electron chi connectivity index (χ1n) is 9.13. The molecule has 3 N–H and O–H groups in total. The molecule has 146 valence electrons. The summed E-state index contributed by atoms with van der Waals surface area (Å²) >= 11 is 0. The maximum absolute atomic E-state index is 12.7.